The second-order valence-electron chi connectivity index (χ2n) is 3.93. The Morgan fingerprint density at radius 2 is 2.06 bits per heavy atom. The number of thioether (sulfide) groups is 1. The Morgan fingerprint density at radius 1 is 1.38 bits per heavy atom. The fraction of sp³-hybridized carbons (Fsp3) is 0.500. The first-order chi connectivity index (χ1) is 7.56. The van der Waals surface area contributed by atoms with Gasteiger partial charge in [0.1, 0.15) is 5.82 Å². The highest BCUT2D eigenvalue weighted by molar-refractivity contribution is 7.99. The molecule has 0 amide bonds. The third-order valence-electron chi connectivity index (χ3n) is 2.27. The minimum absolute atomic E-state index is 0.117. The maximum absolute atomic E-state index is 13.5. The van der Waals surface area contributed by atoms with E-state index in [9.17, 15) is 9.50 Å². The van der Waals surface area contributed by atoms with Crippen molar-refractivity contribution in [2.24, 2.45) is 5.92 Å². The van der Waals surface area contributed by atoms with Crippen LogP contribution in [0.4, 0.5) is 4.39 Å². The van der Waals surface area contributed by atoms with E-state index >= 15 is 0 Å². The van der Waals surface area contributed by atoms with Crippen molar-refractivity contribution in [1.82, 2.24) is 0 Å². The molecule has 1 unspecified atom stereocenters. The number of hydrogen-bond acceptors (Lipinski definition) is 3. The van der Waals surface area contributed by atoms with Gasteiger partial charge in [0.15, 0.2) is 0 Å². The number of benzene rings is 1. The van der Waals surface area contributed by atoms with Crippen molar-refractivity contribution in [3.05, 3.63) is 29.6 Å². The Balaban J connectivity index is 2.83. The summed E-state index contributed by atoms with van der Waals surface area (Å²) in [5, 5.41) is 18.4. The maximum Gasteiger partial charge on any atom is 0.130 e. The van der Waals surface area contributed by atoms with Gasteiger partial charge in [-0.25, -0.2) is 4.39 Å². The van der Waals surface area contributed by atoms with Gasteiger partial charge in [-0.3, -0.25) is 0 Å². The Morgan fingerprint density at radius 3 is 2.62 bits per heavy atom. The number of hydrogen-bond donors (Lipinski definition) is 2. The highest BCUT2D eigenvalue weighted by atomic mass is 32.2. The van der Waals surface area contributed by atoms with Gasteiger partial charge in [-0.05, 0) is 25.0 Å². The zero-order valence-corrected chi connectivity index (χ0v) is 10.3. The Bertz CT molecular complexity index is 342. The molecule has 2 N–H and O–H groups in total. The smallest absolute Gasteiger partial charge is 0.130 e. The molecule has 0 saturated heterocycles. The van der Waals surface area contributed by atoms with E-state index in [1.54, 1.807) is 19.1 Å². The van der Waals surface area contributed by atoms with Gasteiger partial charge in [-0.15, -0.1) is 11.8 Å². The second-order valence-corrected chi connectivity index (χ2v) is 4.99. The van der Waals surface area contributed by atoms with Crippen LogP contribution < -0.4 is 0 Å². The molecular formula is C12H17FO2S. The fourth-order valence-corrected chi connectivity index (χ4v) is 2.50. The van der Waals surface area contributed by atoms with Crippen LogP contribution in [0.5, 0.6) is 0 Å². The summed E-state index contributed by atoms with van der Waals surface area (Å²) >= 11 is 1.46. The third kappa shape index (κ3) is 3.47. The summed E-state index contributed by atoms with van der Waals surface area (Å²) in [5.41, 5.74) is 0.345. The zero-order chi connectivity index (χ0) is 12.1. The molecule has 0 spiro atoms. The molecule has 0 aliphatic carbocycles. The lowest BCUT2D eigenvalue weighted by atomic mass is 10.1. The summed E-state index contributed by atoms with van der Waals surface area (Å²) in [4.78, 5) is 0.746. The minimum atomic E-state index is -0.812. The summed E-state index contributed by atoms with van der Waals surface area (Å²) in [6.45, 7) is 3.60. The molecule has 2 nitrogen and oxygen atoms in total. The molecule has 0 aromatic heterocycles. The van der Waals surface area contributed by atoms with Crippen molar-refractivity contribution in [2.75, 3.05) is 12.4 Å². The van der Waals surface area contributed by atoms with Gasteiger partial charge in [-0.2, -0.15) is 0 Å². The molecule has 1 aromatic rings. The summed E-state index contributed by atoms with van der Waals surface area (Å²) in [6.07, 6.45) is -0.812. The van der Waals surface area contributed by atoms with E-state index in [-0.39, 0.29) is 18.3 Å². The monoisotopic (exact) mass is 244 g/mol. The first-order valence-corrected chi connectivity index (χ1v) is 6.25. The van der Waals surface area contributed by atoms with E-state index in [1.165, 1.54) is 17.8 Å². The van der Waals surface area contributed by atoms with E-state index < -0.39 is 6.10 Å². The maximum atomic E-state index is 13.5. The van der Waals surface area contributed by atoms with Gasteiger partial charge in [0.05, 0.1) is 6.10 Å². The Kier molecular flexibility index (Phi) is 5.25. The van der Waals surface area contributed by atoms with Crippen LogP contribution >= 0.6 is 11.8 Å². The molecule has 16 heavy (non-hydrogen) atoms. The van der Waals surface area contributed by atoms with Gasteiger partial charge in [0, 0.05) is 22.8 Å². The van der Waals surface area contributed by atoms with Crippen LogP contribution in [0.15, 0.2) is 23.1 Å². The van der Waals surface area contributed by atoms with Gasteiger partial charge < -0.3 is 10.2 Å². The molecule has 2 atom stereocenters. The van der Waals surface area contributed by atoms with Gasteiger partial charge in [0.2, 0.25) is 0 Å². The molecule has 0 radical (unpaired) electrons. The molecule has 90 valence electrons. The van der Waals surface area contributed by atoms with Crippen molar-refractivity contribution in [1.29, 1.82) is 0 Å². The van der Waals surface area contributed by atoms with E-state index in [1.807, 2.05) is 6.92 Å². The van der Waals surface area contributed by atoms with Crippen LogP contribution in [0.2, 0.25) is 0 Å². The van der Waals surface area contributed by atoms with Gasteiger partial charge in [-0.1, -0.05) is 13.0 Å². The fourth-order valence-electron chi connectivity index (χ4n) is 1.33. The third-order valence-corrected chi connectivity index (χ3v) is 3.67. The lowest BCUT2D eigenvalue weighted by molar-refractivity contribution is 0.191. The largest absolute Gasteiger partial charge is 0.396 e. The number of halogens is 1. The first kappa shape index (κ1) is 13.5. The number of aliphatic hydroxyl groups excluding tert-OH is 2. The van der Waals surface area contributed by atoms with E-state index in [4.69, 9.17) is 5.11 Å². The predicted molar refractivity (Wildman–Crippen MR) is 64.0 cm³/mol. The van der Waals surface area contributed by atoms with Crippen LogP contribution in [0, 0.1) is 11.7 Å². The van der Waals surface area contributed by atoms with Gasteiger partial charge >= 0.3 is 0 Å². The standard InChI is InChI=1S/C12H17FO2S/c1-8(6-14)7-16-11-5-3-4-10(13)12(11)9(2)15/h3-5,8-9,14-15H,6-7H2,1-2H3/t8?,9-/m1/s1. The average molecular weight is 244 g/mol. The lowest BCUT2D eigenvalue weighted by Crippen LogP contribution is -2.05. The van der Waals surface area contributed by atoms with E-state index in [0.29, 0.717) is 11.3 Å². The van der Waals surface area contributed by atoms with Crippen LogP contribution in [-0.2, 0) is 0 Å². The molecule has 0 saturated carbocycles. The predicted octanol–water partition coefficient (Wildman–Crippen LogP) is 2.60. The van der Waals surface area contributed by atoms with Crippen molar-refractivity contribution >= 4 is 11.8 Å². The number of rotatable bonds is 5. The van der Waals surface area contributed by atoms with Crippen molar-refractivity contribution in [2.45, 2.75) is 24.8 Å². The van der Waals surface area contributed by atoms with E-state index in [2.05, 4.69) is 0 Å². The van der Waals surface area contributed by atoms with Crippen molar-refractivity contribution in [3.63, 3.8) is 0 Å². The lowest BCUT2D eigenvalue weighted by Gasteiger charge is -2.14. The van der Waals surface area contributed by atoms with Crippen molar-refractivity contribution in [3.8, 4) is 0 Å². The summed E-state index contributed by atoms with van der Waals surface area (Å²) < 4.78 is 13.5. The van der Waals surface area contributed by atoms with Gasteiger partial charge in [0.25, 0.3) is 0 Å². The van der Waals surface area contributed by atoms with Crippen LogP contribution in [0.25, 0.3) is 0 Å². The molecule has 0 heterocycles. The molecule has 1 rings (SSSR count). The molecular weight excluding hydrogens is 227 g/mol. The molecule has 4 heteroatoms. The highest BCUT2D eigenvalue weighted by Gasteiger charge is 2.14. The molecule has 0 aliphatic rings. The Hall–Kier alpha value is -0.580. The zero-order valence-electron chi connectivity index (χ0n) is 9.48. The van der Waals surface area contributed by atoms with E-state index in [0.717, 1.165) is 4.90 Å². The van der Waals surface area contributed by atoms with Crippen LogP contribution in [0.3, 0.4) is 0 Å². The molecule has 1 aromatic carbocycles. The Labute approximate surface area is 99.5 Å². The van der Waals surface area contributed by atoms with Crippen LogP contribution in [0.1, 0.15) is 25.5 Å². The summed E-state index contributed by atoms with van der Waals surface area (Å²) in [7, 11) is 0. The van der Waals surface area contributed by atoms with Crippen molar-refractivity contribution < 1.29 is 14.6 Å². The molecule has 0 aliphatic heterocycles. The second kappa shape index (κ2) is 6.23. The minimum Gasteiger partial charge on any atom is -0.396 e. The molecule has 0 bridgehead atoms. The number of aliphatic hydroxyl groups is 2. The normalized spacial score (nSPS) is 14.8. The molecule has 0 fully saturated rings. The average Bonchev–Trinajstić information content (AvgIpc) is 2.25. The highest BCUT2D eigenvalue weighted by Crippen LogP contribution is 2.30. The quantitative estimate of drug-likeness (QED) is 0.782. The topological polar surface area (TPSA) is 40.5 Å². The summed E-state index contributed by atoms with van der Waals surface area (Å²) in [5.74, 6) is 0.492. The van der Waals surface area contributed by atoms with Crippen LogP contribution in [-0.4, -0.2) is 22.6 Å². The first-order valence-electron chi connectivity index (χ1n) is 5.26. The summed E-state index contributed by atoms with van der Waals surface area (Å²) in [6, 6.07) is 4.77. The SMILES string of the molecule is CC(CO)CSc1cccc(F)c1[C@@H](C)O.